The maximum Gasteiger partial charge on any atom is 0.228 e. The van der Waals surface area contributed by atoms with Gasteiger partial charge in [0, 0.05) is 16.9 Å². The molecular weight excluding hydrogens is 484 g/mol. The standard InChI is InChI=1S/C33H22N4O2/c1-2-11-23(12-3-1)29-30-25-15-7-5-10-22(25)17-18-27(30)39-33-31(29)32-35-28(36-37(32)20-34-33)19-38-26-16-8-13-21-9-4-6-14-24(21)26/h1-18,20,29H,19H2/t29-/m0/s1. The third-order valence-electron chi connectivity index (χ3n) is 7.38. The van der Waals surface area contributed by atoms with Gasteiger partial charge in [-0.25, -0.2) is 14.5 Å². The first-order valence-electron chi connectivity index (χ1n) is 12.9. The second-order valence-electron chi connectivity index (χ2n) is 9.67. The quantitative estimate of drug-likeness (QED) is 0.251. The highest BCUT2D eigenvalue weighted by molar-refractivity contribution is 5.91. The summed E-state index contributed by atoms with van der Waals surface area (Å²) in [6, 6.07) is 37.2. The maximum absolute atomic E-state index is 6.41. The summed E-state index contributed by atoms with van der Waals surface area (Å²) in [5.41, 5.74) is 3.87. The fourth-order valence-electron chi connectivity index (χ4n) is 5.65. The van der Waals surface area contributed by atoms with Gasteiger partial charge in [-0.2, -0.15) is 0 Å². The lowest BCUT2D eigenvalue weighted by Gasteiger charge is -2.29. The maximum atomic E-state index is 6.41. The normalized spacial score (nSPS) is 14.2. The molecule has 1 aliphatic rings. The lowest BCUT2D eigenvalue weighted by atomic mass is 9.81. The zero-order valence-corrected chi connectivity index (χ0v) is 20.9. The molecule has 8 rings (SSSR count). The van der Waals surface area contributed by atoms with Gasteiger partial charge in [-0.05, 0) is 33.9 Å². The topological polar surface area (TPSA) is 61.5 Å². The predicted octanol–water partition coefficient (Wildman–Crippen LogP) is 7.30. The number of hydrogen-bond donors (Lipinski definition) is 0. The van der Waals surface area contributed by atoms with E-state index in [0.717, 1.165) is 49.7 Å². The third kappa shape index (κ3) is 3.53. The zero-order valence-electron chi connectivity index (χ0n) is 20.9. The molecule has 0 aliphatic carbocycles. The van der Waals surface area contributed by atoms with Crippen molar-refractivity contribution in [1.29, 1.82) is 0 Å². The van der Waals surface area contributed by atoms with Crippen molar-refractivity contribution >= 4 is 27.2 Å². The highest BCUT2D eigenvalue weighted by atomic mass is 16.5. The summed E-state index contributed by atoms with van der Waals surface area (Å²) < 4.78 is 14.4. The number of aromatic nitrogens is 4. The average Bonchev–Trinajstić information content (AvgIpc) is 3.42. The fraction of sp³-hybridized carbons (Fsp3) is 0.0606. The summed E-state index contributed by atoms with van der Waals surface area (Å²) in [6.07, 6.45) is 1.66. The Morgan fingerprint density at radius 3 is 2.33 bits per heavy atom. The Hall–Kier alpha value is -5.23. The van der Waals surface area contributed by atoms with E-state index in [1.54, 1.807) is 10.8 Å². The molecule has 7 aromatic rings. The second-order valence-corrected chi connectivity index (χ2v) is 9.67. The Balaban J connectivity index is 1.27. The number of nitrogens with zero attached hydrogens (tertiary/aromatic N) is 4. The van der Waals surface area contributed by atoms with Crippen molar-refractivity contribution < 1.29 is 9.47 Å². The Labute approximate surface area is 224 Å². The van der Waals surface area contributed by atoms with Crippen LogP contribution in [0.3, 0.4) is 0 Å². The van der Waals surface area contributed by atoms with Crippen LogP contribution < -0.4 is 9.47 Å². The van der Waals surface area contributed by atoms with Crippen molar-refractivity contribution in [3.63, 3.8) is 0 Å². The van der Waals surface area contributed by atoms with Gasteiger partial charge in [-0.15, -0.1) is 5.10 Å². The van der Waals surface area contributed by atoms with Gasteiger partial charge in [-0.1, -0.05) is 97.1 Å². The van der Waals surface area contributed by atoms with E-state index in [9.17, 15) is 0 Å². The molecule has 1 atom stereocenters. The molecule has 0 amide bonds. The minimum atomic E-state index is -0.122. The SMILES string of the molecule is c1ccc([C@H]2c3c(ccc4ccccc34)Oc3ncn4nc(COc5cccc6ccccc56)nc4c32)cc1. The van der Waals surface area contributed by atoms with Gasteiger partial charge in [-0.3, -0.25) is 0 Å². The number of rotatable bonds is 4. The monoisotopic (exact) mass is 506 g/mol. The molecule has 0 saturated heterocycles. The highest BCUT2D eigenvalue weighted by Crippen LogP contribution is 2.50. The van der Waals surface area contributed by atoms with Crippen LogP contribution in [0.4, 0.5) is 0 Å². The number of hydrogen-bond acceptors (Lipinski definition) is 5. The van der Waals surface area contributed by atoms with E-state index in [-0.39, 0.29) is 12.5 Å². The Morgan fingerprint density at radius 1 is 0.718 bits per heavy atom. The largest absolute Gasteiger partial charge is 0.485 e. The minimum Gasteiger partial charge on any atom is -0.485 e. The van der Waals surface area contributed by atoms with E-state index in [1.165, 1.54) is 0 Å². The van der Waals surface area contributed by atoms with Crippen molar-refractivity contribution in [2.24, 2.45) is 0 Å². The molecule has 0 fully saturated rings. The summed E-state index contributed by atoms with van der Waals surface area (Å²) in [6.45, 7) is 0.237. The first-order valence-corrected chi connectivity index (χ1v) is 12.9. The van der Waals surface area contributed by atoms with Gasteiger partial charge in [0.2, 0.25) is 5.88 Å². The highest BCUT2D eigenvalue weighted by Gasteiger charge is 2.34. The van der Waals surface area contributed by atoms with Crippen LogP contribution in [0.15, 0.2) is 116 Å². The van der Waals surface area contributed by atoms with Gasteiger partial charge < -0.3 is 9.47 Å². The van der Waals surface area contributed by atoms with Crippen molar-refractivity contribution in [3.05, 3.63) is 138 Å². The van der Waals surface area contributed by atoms with Gasteiger partial charge in [0.05, 0.1) is 5.56 Å². The number of benzene rings is 5. The van der Waals surface area contributed by atoms with Crippen LogP contribution in [0.5, 0.6) is 17.4 Å². The van der Waals surface area contributed by atoms with E-state index >= 15 is 0 Å². The molecule has 0 saturated carbocycles. The molecule has 186 valence electrons. The van der Waals surface area contributed by atoms with E-state index in [0.29, 0.717) is 17.4 Å². The van der Waals surface area contributed by atoms with E-state index in [2.05, 4.69) is 77.8 Å². The molecule has 2 aromatic heterocycles. The second kappa shape index (κ2) is 8.67. The van der Waals surface area contributed by atoms with Crippen molar-refractivity contribution in [2.75, 3.05) is 0 Å². The van der Waals surface area contributed by atoms with Gasteiger partial charge >= 0.3 is 0 Å². The minimum absolute atomic E-state index is 0.122. The van der Waals surface area contributed by atoms with Crippen molar-refractivity contribution in [1.82, 2.24) is 19.6 Å². The molecule has 0 unspecified atom stereocenters. The zero-order chi connectivity index (χ0) is 25.8. The Kier molecular flexibility index (Phi) is 4.85. The van der Waals surface area contributed by atoms with Crippen LogP contribution in [-0.4, -0.2) is 19.6 Å². The molecule has 6 heteroatoms. The molecule has 3 heterocycles. The molecule has 1 aliphatic heterocycles. The molecule has 0 radical (unpaired) electrons. The fourth-order valence-corrected chi connectivity index (χ4v) is 5.65. The lowest BCUT2D eigenvalue weighted by Crippen LogP contribution is -2.15. The summed E-state index contributed by atoms with van der Waals surface area (Å²) in [5.74, 6) is 2.62. The van der Waals surface area contributed by atoms with Crippen molar-refractivity contribution in [2.45, 2.75) is 12.5 Å². The molecule has 5 aromatic carbocycles. The predicted molar refractivity (Wildman–Crippen MR) is 150 cm³/mol. The van der Waals surface area contributed by atoms with Gasteiger partial charge in [0.25, 0.3) is 0 Å². The van der Waals surface area contributed by atoms with Crippen LogP contribution in [0, 0.1) is 0 Å². The van der Waals surface area contributed by atoms with E-state index in [1.807, 2.05) is 36.4 Å². The number of fused-ring (bicyclic) bond motifs is 7. The molecule has 39 heavy (non-hydrogen) atoms. The molecule has 6 nitrogen and oxygen atoms in total. The van der Waals surface area contributed by atoms with Crippen molar-refractivity contribution in [3.8, 4) is 17.4 Å². The average molecular weight is 507 g/mol. The Bertz CT molecular complexity index is 2010. The number of ether oxygens (including phenoxy) is 2. The van der Waals surface area contributed by atoms with Crippen LogP contribution in [0.2, 0.25) is 0 Å². The Morgan fingerprint density at radius 2 is 1.46 bits per heavy atom. The van der Waals surface area contributed by atoms with Gasteiger partial charge in [0.15, 0.2) is 11.5 Å². The summed E-state index contributed by atoms with van der Waals surface area (Å²) in [4.78, 5) is 9.63. The third-order valence-corrected chi connectivity index (χ3v) is 7.38. The van der Waals surface area contributed by atoms with E-state index < -0.39 is 0 Å². The first kappa shape index (κ1) is 21.8. The molecule has 0 N–H and O–H groups in total. The lowest BCUT2D eigenvalue weighted by molar-refractivity contribution is 0.299. The van der Waals surface area contributed by atoms with E-state index in [4.69, 9.17) is 19.6 Å². The van der Waals surface area contributed by atoms with Crippen LogP contribution in [0.25, 0.3) is 27.2 Å². The van der Waals surface area contributed by atoms with Crippen LogP contribution in [0.1, 0.15) is 28.4 Å². The summed E-state index contributed by atoms with van der Waals surface area (Å²) in [5, 5.41) is 9.22. The molecule has 0 spiro atoms. The molecule has 0 bridgehead atoms. The molecular formula is C33H22N4O2. The van der Waals surface area contributed by atoms with Crippen LogP contribution in [-0.2, 0) is 6.61 Å². The summed E-state index contributed by atoms with van der Waals surface area (Å²) in [7, 11) is 0. The first-order chi connectivity index (χ1) is 19.3. The summed E-state index contributed by atoms with van der Waals surface area (Å²) >= 11 is 0. The van der Waals surface area contributed by atoms with Gasteiger partial charge in [0.1, 0.15) is 24.4 Å². The van der Waals surface area contributed by atoms with Crippen LogP contribution >= 0.6 is 0 Å². The smallest absolute Gasteiger partial charge is 0.228 e.